The zero-order valence-electron chi connectivity index (χ0n) is 5.29. The molecular formula is C5H11BO2. The highest BCUT2D eigenvalue weighted by atomic mass is 16.5. The Morgan fingerprint density at radius 1 is 1.75 bits per heavy atom. The minimum Gasteiger partial charge on any atom is -0.390 e. The third kappa shape index (κ3) is 0.882. The number of ether oxygens (including phenoxy) is 1. The van der Waals surface area contributed by atoms with Gasteiger partial charge in [-0.2, -0.15) is 0 Å². The molecule has 1 N–H and O–H groups in total. The van der Waals surface area contributed by atoms with Crippen LogP contribution in [0.3, 0.4) is 0 Å². The first-order valence-corrected chi connectivity index (χ1v) is 3.01. The lowest BCUT2D eigenvalue weighted by Crippen LogP contribution is -2.20. The Labute approximate surface area is 50.3 Å². The molecule has 1 saturated heterocycles. The summed E-state index contributed by atoms with van der Waals surface area (Å²) >= 11 is 0. The second-order valence-corrected chi connectivity index (χ2v) is 2.46. The van der Waals surface area contributed by atoms with E-state index in [0.717, 1.165) is 0 Å². The number of rotatable bonds is 0. The summed E-state index contributed by atoms with van der Waals surface area (Å²) in [6.45, 7) is 2.52. The van der Waals surface area contributed by atoms with Crippen LogP contribution >= 0.6 is 0 Å². The van der Waals surface area contributed by atoms with Gasteiger partial charge >= 0.3 is 0 Å². The average Bonchev–Trinajstić information content (AvgIpc) is 1.98. The third-order valence-corrected chi connectivity index (χ3v) is 1.88. The number of aliphatic hydroxyl groups is 1. The van der Waals surface area contributed by atoms with Gasteiger partial charge in [-0.1, -0.05) is 6.92 Å². The fraction of sp³-hybridized carbons (Fsp3) is 1.00. The van der Waals surface area contributed by atoms with E-state index in [1.54, 1.807) is 0 Å². The Balaban J connectivity index is 2.44. The van der Waals surface area contributed by atoms with Crippen LogP contribution in [0.15, 0.2) is 0 Å². The summed E-state index contributed by atoms with van der Waals surface area (Å²) in [5, 5.41) is 9.04. The van der Waals surface area contributed by atoms with Crippen molar-refractivity contribution >= 4 is 7.85 Å². The van der Waals surface area contributed by atoms with E-state index in [1.807, 2.05) is 14.8 Å². The molecule has 1 aliphatic rings. The van der Waals surface area contributed by atoms with Crippen LogP contribution in [-0.2, 0) is 4.74 Å². The summed E-state index contributed by atoms with van der Waals surface area (Å²) < 4.78 is 5.13. The first-order valence-electron chi connectivity index (χ1n) is 3.01. The summed E-state index contributed by atoms with van der Waals surface area (Å²) in [6, 6.07) is 0.241. The van der Waals surface area contributed by atoms with Crippen LogP contribution in [0.2, 0.25) is 0 Å². The number of aliphatic hydroxyl groups excluding tert-OH is 1. The van der Waals surface area contributed by atoms with Gasteiger partial charge in [-0.3, -0.25) is 0 Å². The molecule has 0 bridgehead atoms. The lowest BCUT2D eigenvalue weighted by Gasteiger charge is -2.08. The van der Waals surface area contributed by atoms with Crippen molar-refractivity contribution in [1.82, 2.24) is 0 Å². The molecule has 3 heteroatoms. The molecule has 8 heavy (non-hydrogen) atoms. The standard InChI is InChI=1S/C5H11BO2/c1-3-4(7)2-8-5(3)6/h3-5,7H,2,6H2,1H3/t3-,4+,5-/m1/s1. The molecule has 0 spiro atoms. The Morgan fingerprint density at radius 2 is 2.38 bits per heavy atom. The average molecular weight is 114 g/mol. The van der Waals surface area contributed by atoms with Gasteiger partial charge in [-0.15, -0.1) is 0 Å². The second-order valence-electron chi connectivity index (χ2n) is 2.46. The van der Waals surface area contributed by atoms with Gasteiger partial charge in [0.25, 0.3) is 0 Å². The number of hydrogen-bond acceptors (Lipinski definition) is 2. The summed E-state index contributed by atoms with van der Waals surface area (Å²) in [5.41, 5.74) is 0. The Kier molecular flexibility index (Phi) is 1.58. The third-order valence-electron chi connectivity index (χ3n) is 1.88. The van der Waals surface area contributed by atoms with Gasteiger partial charge < -0.3 is 9.84 Å². The highest BCUT2D eigenvalue weighted by Crippen LogP contribution is 2.17. The molecule has 1 rings (SSSR count). The van der Waals surface area contributed by atoms with E-state index in [2.05, 4.69) is 0 Å². The highest BCUT2D eigenvalue weighted by Gasteiger charge is 2.28. The number of hydrogen-bond donors (Lipinski definition) is 1. The Bertz CT molecular complexity index is 76.5. The van der Waals surface area contributed by atoms with Gasteiger partial charge in [0.15, 0.2) is 0 Å². The maximum absolute atomic E-state index is 9.04. The lowest BCUT2D eigenvalue weighted by atomic mass is 9.87. The summed E-state index contributed by atoms with van der Waals surface area (Å²) in [7, 11) is 1.99. The van der Waals surface area contributed by atoms with Crippen LogP contribution in [0.1, 0.15) is 6.92 Å². The molecule has 0 aromatic carbocycles. The molecule has 0 aromatic heterocycles. The predicted molar refractivity (Wildman–Crippen MR) is 33.5 cm³/mol. The van der Waals surface area contributed by atoms with Crippen LogP contribution < -0.4 is 0 Å². The maximum Gasteiger partial charge on any atom is 0.139 e. The van der Waals surface area contributed by atoms with Gasteiger partial charge in [0, 0.05) is 11.9 Å². The van der Waals surface area contributed by atoms with Crippen molar-refractivity contribution in [3.8, 4) is 0 Å². The van der Waals surface area contributed by atoms with Crippen molar-refractivity contribution in [2.75, 3.05) is 6.61 Å². The Morgan fingerprint density at radius 3 is 2.50 bits per heavy atom. The van der Waals surface area contributed by atoms with Crippen molar-refractivity contribution in [2.24, 2.45) is 5.92 Å². The van der Waals surface area contributed by atoms with E-state index in [1.165, 1.54) is 0 Å². The summed E-state index contributed by atoms with van der Waals surface area (Å²) in [4.78, 5) is 0. The van der Waals surface area contributed by atoms with Gasteiger partial charge in [-0.05, 0) is 0 Å². The van der Waals surface area contributed by atoms with E-state index in [9.17, 15) is 0 Å². The monoisotopic (exact) mass is 114 g/mol. The molecule has 1 heterocycles. The SMILES string of the molecule is B[C@@H]1OC[C@H](O)[C@H]1C. The molecule has 46 valence electrons. The topological polar surface area (TPSA) is 29.5 Å². The summed E-state index contributed by atoms with van der Waals surface area (Å²) in [6.07, 6.45) is -0.231. The van der Waals surface area contributed by atoms with Crippen LogP contribution in [0, 0.1) is 5.92 Å². The molecule has 0 saturated carbocycles. The zero-order chi connectivity index (χ0) is 6.15. The minimum absolute atomic E-state index is 0.231. The van der Waals surface area contributed by atoms with Crippen molar-refractivity contribution in [2.45, 2.75) is 19.0 Å². The van der Waals surface area contributed by atoms with Crippen molar-refractivity contribution in [3.05, 3.63) is 0 Å². The Hall–Kier alpha value is -0.0151. The lowest BCUT2D eigenvalue weighted by molar-refractivity contribution is 0.115. The van der Waals surface area contributed by atoms with Crippen LogP contribution in [0.5, 0.6) is 0 Å². The first-order chi connectivity index (χ1) is 3.72. The fourth-order valence-electron chi connectivity index (χ4n) is 0.867. The van der Waals surface area contributed by atoms with E-state index in [-0.39, 0.29) is 12.1 Å². The molecular weight excluding hydrogens is 103 g/mol. The van der Waals surface area contributed by atoms with E-state index >= 15 is 0 Å². The van der Waals surface area contributed by atoms with E-state index in [0.29, 0.717) is 12.5 Å². The largest absolute Gasteiger partial charge is 0.390 e. The molecule has 0 aliphatic carbocycles. The van der Waals surface area contributed by atoms with Crippen molar-refractivity contribution < 1.29 is 9.84 Å². The van der Waals surface area contributed by atoms with E-state index in [4.69, 9.17) is 9.84 Å². The summed E-state index contributed by atoms with van der Waals surface area (Å²) in [5.74, 6) is 0.315. The molecule has 1 fully saturated rings. The van der Waals surface area contributed by atoms with Crippen LogP contribution in [-0.4, -0.2) is 31.7 Å². The van der Waals surface area contributed by atoms with E-state index < -0.39 is 0 Å². The van der Waals surface area contributed by atoms with Gasteiger partial charge in [-0.25, -0.2) is 0 Å². The highest BCUT2D eigenvalue weighted by molar-refractivity contribution is 6.11. The van der Waals surface area contributed by atoms with Crippen molar-refractivity contribution in [3.63, 3.8) is 0 Å². The quantitative estimate of drug-likeness (QED) is 0.408. The van der Waals surface area contributed by atoms with Crippen LogP contribution in [0.25, 0.3) is 0 Å². The first kappa shape index (κ1) is 6.11. The molecule has 0 radical (unpaired) electrons. The zero-order valence-corrected chi connectivity index (χ0v) is 5.29. The van der Waals surface area contributed by atoms with Gasteiger partial charge in [0.1, 0.15) is 7.85 Å². The molecule has 0 amide bonds. The predicted octanol–water partition coefficient (Wildman–Crippen LogP) is -1.03. The van der Waals surface area contributed by atoms with Crippen molar-refractivity contribution in [1.29, 1.82) is 0 Å². The van der Waals surface area contributed by atoms with Crippen LogP contribution in [0.4, 0.5) is 0 Å². The normalized spacial score (nSPS) is 47.5. The maximum atomic E-state index is 9.04. The smallest absolute Gasteiger partial charge is 0.139 e. The molecule has 1 aliphatic heterocycles. The second kappa shape index (κ2) is 2.07. The minimum atomic E-state index is -0.231. The molecule has 0 aromatic rings. The van der Waals surface area contributed by atoms with Gasteiger partial charge in [0.2, 0.25) is 0 Å². The molecule has 3 atom stereocenters. The fourth-order valence-corrected chi connectivity index (χ4v) is 0.867. The molecule has 2 nitrogen and oxygen atoms in total. The van der Waals surface area contributed by atoms with Gasteiger partial charge in [0.05, 0.1) is 12.7 Å². The molecule has 0 unspecified atom stereocenters.